The predicted octanol–water partition coefficient (Wildman–Crippen LogP) is 3.16. The molecule has 0 saturated carbocycles. The number of nitrogens with one attached hydrogen (secondary N) is 1. The Morgan fingerprint density at radius 2 is 1.47 bits per heavy atom. The van der Waals surface area contributed by atoms with Gasteiger partial charge in [-0.25, -0.2) is 0 Å². The van der Waals surface area contributed by atoms with Crippen LogP contribution in [0.15, 0.2) is 35.9 Å². The second-order valence-electron chi connectivity index (χ2n) is 6.76. The Bertz CT molecular complexity index is 1030. The van der Waals surface area contributed by atoms with Crippen LogP contribution in [-0.4, -0.2) is 38.3 Å². The van der Waals surface area contributed by atoms with E-state index in [2.05, 4.69) is 5.32 Å². The SMILES string of the molecule is COc1cc(/C=C2\C(=O)NC(=S)N(c3cc(C)cc(C)c3)C2=O)cc(OC)c1OC. The number of aryl methyl sites for hydroxylation is 2. The molecule has 1 aliphatic heterocycles. The van der Waals surface area contributed by atoms with Crippen LogP contribution in [0.2, 0.25) is 0 Å². The van der Waals surface area contributed by atoms with Gasteiger partial charge in [0.15, 0.2) is 16.6 Å². The molecule has 0 radical (unpaired) electrons. The maximum Gasteiger partial charge on any atom is 0.270 e. The van der Waals surface area contributed by atoms with Crippen molar-refractivity contribution in [2.24, 2.45) is 0 Å². The third-order valence-corrected chi connectivity index (χ3v) is 4.85. The summed E-state index contributed by atoms with van der Waals surface area (Å²) in [5, 5.41) is 2.63. The molecule has 1 heterocycles. The summed E-state index contributed by atoms with van der Waals surface area (Å²) in [5.41, 5.74) is 3.03. The lowest BCUT2D eigenvalue weighted by atomic mass is 10.0. The summed E-state index contributed by atoms with van der Waals surface area (Å²) >= 11 is 5.27. The van der Waals surface area contributed by atoms with Crippen LogP contribution in [0.4, 0.5) is 5.69 Å². The van der Waals surface area contributed by atoms with E-state index in [0.717, 1.165) is 11.1 Å². The molecule has 1 fully saturated rings. The van der Waals surface area contributed by atoms with Crippen LogP contribution in [0.1, 0.15) is 16.7 Å². The van der Waals surface area contributed by atoms with E-state index in [-0.39, 0.29) is 10.7 Å². The Labute approximate surface area is 180 Å². The predicted molar refractivity (Wildman–Crippen MR) is 118 cm³/mol. The van der Waals surface area contributed by atoms with Crippen LogP contribution in [0.3, 0.4) is 0 Å². The molecule has 0 bridgehead atoms. The molecule has 1 aliphatic rings. The Kier molecular flexibility index (Phi) is 6.07. The summed E-state index contributed by atoms with van der Waals surface area (Å²) in [6.45, 7) is 3.86. The van der Waals surface area contributed by atoms with Crippen LogP contribution in [-0.2, 0) is 9.59 Å². The number of amides is 2. The summed E-state index contributed by atoms with van der Waals surface area (Å²) in [7, 11) is 4.49. The van der Waals surface area contributed by atoms with Gasteiger partial charge in [-0.1, -0.05) is 6.07 Å². The second-order valence-corrected chi connectivity index (χ2v) is 7.15. The van der Waals surface area contributed by atoms with E-state index in [1.54, 1.807) is 12.1 Å². The molecular weight excluding hydrogens is 404 g/mol. The number of carbonyl (C=O) groups is 2. The molecule has 8 heteroatoms. The van der Waals surface area contributed by atoms with E-state index in [9.17, 15) is 9.59 Å². The average molecular weight is 426 g/mol. The number of ether oxygens (including phenoxy) is 3. The van der Waals surface area contributed by atoms with Gasteiger partial charge in [0.25, 0.3) is 11.8 Å². The van der Waals surface area contributed by atoms with Gasteiger partial charge in [-0.05, 0) is 73.1 Å². The van der Waals surface area contributed by atoms with Gasteiger partial charge in [0.1, 0.15) is 5.57 Å². The summed E-state index contributed by atoms with van der Waals surface area (Å²) in [4.78, 5) is 27.1. The largest absolute Gasteiger partial charge is 0.493 e. The highest BCUT2D eigenvalue weighted by atomic mass is 32.1. The normalized spacial score (nSPS) is 15.3. The standard InChI is InChI=1S/C22H22N2O5S/c1-12-6-13(2)8-15(7-12)24-21(26)16(20(25)23-22(24)30)9-14-10-17(27-3)19(29-5)18(11-14)28-4/h6-11H,1-5H3,(H,23,25,30)/b16-9+. The van der Waals surface area contributed by atoms with E-state index < -0.39 is 11.8 Å². The molecule has 1 N–H and O–H groups in total. The summed E-state index contributed by atoms with van der Waals surface area (Å²) in [5.74, 6) is 0.157. The number of anilines is 1. The van der Waals surface area contributed by atoms with Gasteiger partial charge < -0.3 is 14.2 Å². The second kappa shape index (κ2) is 8.54. The Balaban J connectivity index is 2.09. The highest BCUT2D eigenvalue weighted by molar-refractivity contribution is 7.80. The van der Waals surface area contributed by atoms with Crippen molar-refractivity contribution in [2.45, 2.75) is 13.8 Å². The summed E-state index contributed by atoms with van der Waals surface area (Å²) < 4.78 is 16.0. The minimum atomic E-state index is -0.570. The van der Waals surface area contributed by atoms with Gasteiger partial charge in [0.2, 0.25) is 5.75 Å². The third kappa shape index (κ3) is 3.99. The van der Waals surface area contributed by atoms with E-state index in [1.165, 1.54) is 32.3 Å². The van der Waals surface area contributed by atoms with Crippen molar-refractivity contribution >= 4 is 40.9 Å². The van der Waals surface area contributed by atoms with Gasteiger partial charge in [0.05, 0.1) is 27.0 Å². The van der Waals surface area contributed by atoms with E-state index in [0.29, 0.717) is 28.5 Å². The lowest BCUT2D eigenvalue weighted by molar-refractivity contribution is -0.122. The first-order valence-corrected chi connectivity index (χ1v) is 9.49. The topological polar surface area (TPSA) is 77.1 Å². The zero-order chi connectivity index (χ0) is 22.0. The molecule has 0 aliphatic carbocycles. The fourth-order valence-corrected chi connectivity index (χ4v) is 3.60. The molecule has 2 aromatic rings. The fraction of sp³-hybridized carbons (Fsp3) is 0.227. The average Bonchev–Trinajstić information content (AvgIpc) is 2.69. The Hall–Kier alpha value is -3.39. The smallest absolute Gasteiger partial charge is 0.270 e. The van der Waals surface area contributed by atoms with E-state index in [4.69, 9.17) is 26.4 Å². The van der Waals surface area contributed by atoms with Crippen LogP contribution in [0.5, 0.6) is 17.2 Å². The summed E-state index contributed by atoms with van der Waals surface area (Å²) in [6.07, 6.45) is 1.47. The minimum Gasteiger partial charge on any atom is -0.493 e. The lowest BCUT2D eigenvalue weighted by Crippen LogP contribution is -2.54. The zero-order valence-electron chi connectivity index (χ0n) is 17.4. The van der Waals surface area contributed by atoms with Crippen LogP contribution in [0, 0.1) is 13.8 Å². The maximum absolute atomic E-state index is 13.2. The summed E-state index contributed by atoms with van der Waals surface area (Å²) in [6, 6.07) is 8.98. The van der Waals surface area contributed by atoms with Gasteiger partial charge in [-0.2, -0.15) is 0 Å². The number of hydrogen-bond donors (Lipinski definition) is 1. The lowest BCUT2D eigenvalue weighted by Gasteiger charge is -2.29. The Morgan fingerprint density at radius 1 is 0.900 bits per heavy atom. The monoisotopic (exact) mass is 426 g/mol. The first-order valence-electron chi connectivity index (χ1n) is 9.08. The van der Waals surface area contributed by atoms with Gasteiger partial charge >= 0.3 is 0 Å². The fourth-order valence-electron chi connectivity index (χ4n) is 3.32. The van der Waals surface area contributed by atoms with Crippen LogP contribution < -0.4 is 24.4 Å². The number of carbonyl (C=O) groups excluding carboxylic acids is 2. The van der Waals surface area contributed by atoms with Crippen molar-refractivity contribution in [3.8, 4) is 17.2 Å². The van der Waals surface area contributed by atoms with Crippen molar-refractivity contribution < 1.29 is 23.8 Å². The van der Waals surface area contributed by atoms with Crippen molar-refractivity contribution in [2.75, 3.05) is 26.2 Å². The quantitative estimate of drug-likeness (QED) is 0.450. The van der Waals surface area contributed by atoms with Crippen molar-refractivity contribution in [1.29, 1.82) is 0 Å². The number of thiocarbonyl (C=S) groups is 1. The van der Waals surface area contributed by atoms with Crippen LogP contribution >= 0.6 is 12.2 Å². The molecule has 0 aromatic heterocycles. The molecule has 3 rings (SSSR count). The molecule has 2 amide bonds. The van der Waals surface area contributed by atoms with E-state index >= 15 is 0 Å². The van der Waals surface area contributed by atoms with Crippen molar-refractivity contribution in [1.82, 2.24) is 5.32 Å². The number of nitrogens with zero attached hydrogens (tertiary/aromatic N) is 1. The minimum absolute atomic E-state index is 0.0389. The van der Waals surface area contributed by atoms with Gasteiger partial charge in [0, 0.05) is 0 Å². The molecule has 0 unspecified atom stereocenters. The van der Waals surface area contributed by atoms with Crippen molar-refractivity contribution in [3.05, 3.63) is 52.6 Å². The first-order chi connectivity index (χ1) is 14.3. The van der Waals surface area contributed by atoms with Crippen LogP contribution in [0.25, 0.3) is 6.08 Å². The number of hydrogen-bond acceptors (Lipinski definition) is 6. The first kappa shape index (κ1) is 21.3. The molecule has 0 atom stereocenters. The van der Waals surface area contributed by atoms with Crippen molar-refractivity contribution in [3.63, 3.8) is 0 Å². The number of rotatable bonds is 5. The Morgan fingerprint density at radius 3 is 1.97 bits per heavy atom. The molecule has 156 valence electrons. The maximum atomic E-state index is 13.2. The van der Waals surface area contributed by atoms with Gasteiger partial charge in [-0.3, -0.25) is 19.8 Å². The van der Waals surface area contributed by atoms with E-state index in [1.807, 2.05) is 32.0 Å². The number of benzene rings is 2. The molecular formula is C22H22N2O5S. The highest BCUT2D eigenvalue weighted by Gasteiger charge is 2.34. The number of methoxy groups -OCH3 is 3. The molecule has 30 heavy (non-hydrogen) atoms. The molecule has 1 saturated heterocycles. The molecule has 2 aromatic carbocycles. The molecule has 0 spiro atoms. The molecule has 7 nitrogen and oxygen atoms in total. The third-order valence-electron chi connectivity index (χ3n) is 4.56. The zero-order valence-corrected chi connectivity index (χ0v) is 18.2. The highest BCUT2D eigenvalue weighted by Crippen LogP contribution is 2.39. The van der Waals surface area contributed by atoms with Gasteiger partial charge in [-0.15, -0.1) is 0 Å².